The number of hydrogen-bond donors (Lipinski definition) is 0. The first-order valence-corrected chi connectivity index (χ1v) is 3.45. The summed E-state index contributed by atoms with van der Waals surface area (Å²) < 4.78 is 0. The van der Waals surface area contributed by atoms with Crippen LogP contribution in [0.25, 0.3) is 0 Å². The van der Waals surface area contributed by atoms with Crippen molar-refractivity contribution in [2.24, 2.45) is 11.8 Å². The van der Waals surface area contributed by atoms with Crippen molar-refractivity contribution >= 4 is 0 Å². The van der Waals surface area contributed by atoms with Gasteiger partial charge in [-0.1, -0.05) is 0 Å². The van der Waals surface area contributed by atoms with E-state index in [0.29, 0.717) is 0 Å². The van der Waals surface area contributed by atoms with E-state index in [1.165, 1.54) is 12.8 Å². The molecular formula is C7H13N. The number of hydrogen-bond acceptors (Lipinski definition) is 1. The monoisotopic (exact) mass is 111 g/mol. The standard InChI is InChI=1S/C7H13N/c1-8(2)7-5-3-6(7)4-5/h5-7H,3-4H2,1-2H3. The summed E-state index contributed by atoms with van der Waals surface area (Å²) in [4.78, 5) is 2.38. The lowest BCUT2D eigenvalue weighted by Crippen LogP contribution is -2.61. The Morgan fingerprint density at radius 2 is 1.62 bits per heavy atom. The van der Waals surface area contributed by atoms with Crippen LogP contribution in [0.3, 0.4) is 0 Å². The predicted molar refractivity (Wildman–Crippen MR) is 33.7 cm³/mol. The molecule has 3 fully saturated rings. The molecule has 2 bridgehead atoms. The largest absolute Gasteiger partial charge is 0.306 e. The molecule has 0 saturated heterocycles. The SMILES string of the molecule is CN(C)C1C2CC1C2. The molecule has 0 aliphatic heterocycles. The maximum Gasteiger partial charge on any atom is 0.0146 e. The van der Waals surface area contributed by atoms with Gasteiger partial charge < -0.3 is 4.90 Å². The van der Waals surface area contributed by atoms with Gasteiger partial charge in [-0.2, -0.15) is 0 Å². The summed E-state index contributed by atoms with van der Waals surface area (Å²) in [5.74, 6) is 2.19. The van der Waals surface area contributed by atoms with Crippen molar-refractivity contribution in [1.29, 1.82) is 0 Å². The topological polar surface area (TPSA) is 3.24 Å². The second-order valence-corrected chi connectivity index (χ2v) is 3.45. The number of rotatable bonds is 1. The van der Waals surface area contributed by atoms with Crippen LogP contribution in [0.2, 0.25) is 0 Å². The lowest BCUT2D eigenvalue weighted by molar-refractivity contribution is -0.0953. The Morgan fingerprint density at radius 1 is 1.12 bits per heavy atom. The van der Waals surface area contributed by atoms with Gasteiger partial charge in [-0.05, 0) is 38.8 Å². The van der Waals surface area contributed by atoms with Gasteiger partial charge in [0.25, 0.3) is 0 Å². The minimum absolute atomic E-state index is 0.981. The summed E-state index contributed by atoms with van der Waals surface area (Å²) >= 11 is 0. The zero-order chi connectivity index (χ0) is 5.72. The molecule has 3 saturated carbocycles. The van der Waals surface area contributed by atoms with Crippen LogP contribution < -0.4 is 0 Å². The Balaban J connectivity index is 1.94. The molecule has 1 nitrogen and oxygen atoms in total. The van der Waals surface area contributed by atoms with Gasteiger partial charge in [0.15, 0.2) is 0 Å². The molecule has 3 rings (SSSR count). The van der Waals surface area contributed by atoms with E-state index in [1.807, 2.05) is 0 Å². The van der Waals surface area contributed by atoms with Crippen LogP contribution >= 0.6 is 0 Å². The van der Waals surface area contributed by atoms with Crippen LogP contribution in [0.4, 0.5) is 0 Å². The molecule has 0 N–H and O–H groups in total. The highest BCUT2D eigenvalue weighted by molar-refractivity contribution is 5.06. The van der Waals surface area contributed by atoms with E-state index in [4.69, 9.17) is 0 Å². The second-order valence-electron chi connectivity index (χ2n) is 3.45. The Morgan fingerprint density at radius 3 is 1.62 bits per heavy atom. The highest BCUT2D eigenvalue weighted by Crippen LogP contribution is 2.55. The van der Waals surface area contributed by atoms with Crippen LogP contribution in [0.15, 0.2) is 0 Å². The highest BCUT2D eigenvalue weighted by atomic mass is 15.1. The fourth-order valence-electron chi connectivity index (χ4n) is 2.10. The zero-order valence-corrected chi connectivity index (χ0v) is 5.59. The molecule has 0 heterocycles. The van der Waals surface area contributed by atoms with E-state index in [0.717, 1.165) is 17.9 Å². The molecule has 0 radical (unpaired) electrons. The highest BCUT2D eigenvalue weighted by Gasteiger charge is 2.53. The molecule has 0 aromatic carbocycles. The Hall–Kier alpha value is -0.0400. The van der Waals surface area contributed by atoms with E-state index in [-0.39, 0.29) is 0 Å². The van der Waals surface area contributed by atoms with Gasteiger partial charge in [-0.3, -0.25) is 0 Å². The molecule has 0 unspecified atom stereocenters. The Kier molecular flexibility index (Phi) is 0.762. The molecule has 3 aliphatic rings. The van der Waals surface area contributed by atoms with Crippen LogP contribution in [-0.4, -0.2) is 25.0 Å². The minimum Gasteiger partial charge on any atom is -0.306 e. The van der Waals surface area contributed by atoms with Crippen molar-refractivity contribution in [2.45, 2.75) is 18.9 Å². The van der Waals surface area contributed by atoms with Gasteiger partial charge in [-0.25, -0.2) is 0 Å². The smallest absolute Gasteiger partial charge is 0.0146 e. The lowest BCUT2D eigenvalue weighted by atomic mass is 9.51. The Bertz CT molecular complexity index is 92.2. The van der Waals surface area contributed by atoms with Crippen molar-refractivity contribution in [2.75, 3.05) is 14.1 Å². The van der Waals surface area contributed by atoms with Crippen molar-refractivity contribution in [3.63, 3.8) is 0 Å². The average Bonchev–Trinajstić information content (AvgIpc) is 1.14. The van der Waals surface area contributed by atoms with E-state index < -0.39 is 0 Å². The first kappa shape index (κ1) is 4.80. The lowest BCUT2D eigenvalue weighted by Gasteiger charge is -2.60. The number of nitrogens with zero attached hydrogens (tertiary/aromatic N) is 1. The summed E-state index contributed by atoms with van der Waals surface area (Å²) in [6, 6.07) is 0.981. The maximum absolute atomic E-state index is 2.38. The summed E-state index contributed by atoms with van der Waals surface area (Å²) in [5.41, 5.74) is 0. The summed E-state index contributed by atoms with van der Waals surface area (Å²) in [5, 5.41) is 0. The normalized spacial score (nSPS) is 50.6. The molecular weight excluding hydrogens is 98.1 g/mol. The molecule has 8 heavy (non-hydrogen) atoms. The molecule has 0 atom stereocenters. The summed E-state index contributed by atoms with van der Waals surface area (Å²) in [7, 11) is 4.39. The molecule has 3 aliphatic carbocycles. The van der Waals surface area contributed by atoms with E-state index in [9.17, 15) is 0 Å². The average molecular weight is 111 g/mol. The fraction of sp³-hybridized carbons (Fsp3) is 1.00. The van der Waals surface area contributed by atoms with Gasteiger partial charge in [-0.15, -0.1) is 0 Å². The van der Waals surface area contributed by atoms with Gasteiger partial charge in [0, 0.05) is 6.04 Å². The first-order chi connectivity index (χ1) is 3.79. The van der Waals surface area contributed by atoms with Crippen molar-refractivity contribution in [1.82, 2.24) is 4.90 Å². The minimum atomic E-state index is 0.981. The van der Waals surface area contributed by atoms with E-state index in [1.54, 1.807) is 0 Å². The fourth-order valence-corrected chi connectivity index (χ4v) is 2.10. The molecule has 0 aromatic heterocycles. The summed E-state index contributed by atoms with van der Waals surface area (Å²) in [6.07, 6.45) is 3.06. The van der Waals surface area contributed by atoms with Crippen LogP contribution in [0.1, 0.15) is 12.8 Å². The van der Waals surface area contributed by atoms with Crippen LogP contribution in [0.5, 0.6) is 0 Å². The first-order valence-electron chi connectivity index (χ1n) is 3.45. The second kappa shape index (κ2) is 1.27. The van der Waals surface area contributed by atoms with Gasteiger partial charge in [0.1, 0.15) is 0 Å². The third kappa shape index (κ3) is 0.368. The van der Waals surface area contributed by atoms with Gasteiger partial charge in [0.05, 0.1) is 0 Å². The van der Waals surface area contributed by atoms with Gasteiger partial charge >= 0.3 is 0 Å². The van der Waals surface area contributed by atoms with Crippen LogP contribution in [-0.2, 0) is 0 Å². The van der Waals surface area contributed by atoms with Crippen molar-refractivity contribution in [3.8, 4) is 0 Å². The van der Waals surface area contributed by atoms with E-state index >= 15 is 0 Å². The molecule has 46 valence electrons. The van der Waals surface area contributed by atoms with Crippen molar-refractivity contribution in [3.05, 3.63) is 0 Å². The summed E-state index contributed by atoms with van der Waals surface area (Å²) in [6.45, 7) is 0. The third-order valence-electron chi connectivity index (χ3n) is 2.77. The third-order valence-corrected chi connectivity index (χ3v) is 2.77. The quantitative estimate of drug-likeness (QED) is 0.487. The van der Waals surface area contributed by atoms with Crippen LogP contribution in [0, 0.1) is 11.8 Å². The maximum atomic E-state index is 2.38. The Labute approximate surface area is 50.7 Å². The molecule has 0 aromatic rings. The molecule has 0 spiro atoms. The van der Waals surface area contributed by atoms with Crippen molar-refractivity contribution < 1.29 is 0 Å². The molecule has 0 amide bonds. The molecule has 1 heteroatoms. The van der Waals surface area contributed by atoms with Gasteiger partial charge in [0.2, 0.25) is 0 Å². The predicted octanol–water partition coefficient (Wildman–Crippen LogP) is 0.956. The zero-order valence-electron chi connectivity index (χ0n) is 5.59. The van der Waals surface area contributed by atoms with E-state index in [2.05, 4.69) is 19.0 Å².